The standard InChI is InChI=1S/C4H4O2.Mn/c1-2-6-4-3-5-1;/h1-4H;. The molecule has 3 heteroatoms. The van der Waals surface area contributed by atoms with Crippen molar-refractivity contribution in [3.63, 3.8) is 0 Å². The van der Waals surface area contributed by atoms with Crippen molar-refractivity contribution in [2.24, 2.45) is 0 Å². The van der Waals surface area contributed by atoms with Crippen LogP contribution in [0.5, 0.6) is 0 Å². The summed E-state index contributed by atoms with van der Waals surface area (Å²) in [4.78, 5) is 0. The van der Waals surface area contributed by atoms with Gasteiger partial charge in [0, 0.05) is 17.1 Å². The molecule has 0 atom stereocenters. The van der Waals surface area contributed by atoms with Crippen LogP contribution in [-0.4, -0.2) is 0 Å². The van der Waals surface area contributed by atoms with Gasteiger partial charge in [-0.25, -0.2) is 0 Å². The van der Waals surface area contributed by atoms with E-state index >= 15 is 0 Å². The predicted molar refractivity (Wildman–Crippen MR) is 20.4 cm³/mol. The van der Waals surface area contributed by atoms with E-state index in [1.54, 1.807) is 0 Å². The molecule has 0 N–H and O–H groups in total. The first-order chi connectivity index (χ1) is 3.00. The maximum absolute atomic E-state index is 4.58. The second kappa shape index (κ2) is 3.78. The summed E-state index contributed by atoms with van der Waals surface area (Å²) < 4.78 is 9.17. The van der Waals surface area contributed by atoms with Crippen molar-refractivity contribution in [2.45, 2.75) is 0 Å². The summed E-state index contributed by atoms with van der Waals surface area (Å²) in [6, 6.07) is 0. The Bertz CT molecular complexity index is 67.7. The maximum Gasteiger partial charge on any atom is 0.125 e. The molecule has 0 saturated heterocycles. The average molecular weight is 139 g/mol. The van der Waals surface area contributed by atoms with Crippen molar-refractivity contribution in [3.05, 3.63) is 25.0 Å². The van der Waals surface area contributed by atoms with Crippen molar-refractivity contribution in [3.8, 4) is 0 Å². The zero-order valence-electron chi connectivity index (χ0n) is 3.50. The molecule has 0 amide bonds. The normalized spacial score (nSPS) is 13.7. The van der Waals surface area contributed by atoms with Crippen LogP contribution in [0.4, 0.5) is 0 Å². The first-order valence-corrected chi connectivity index (χ1v) is 1.61. The Kier molecular flexibility index (Phi) is 3.56. The largest absolute Gasteiger partial charge is 0.466 e. The second-order valence-electron chi connectivity index (χ2n) is 0.816. The van der Waals surface area contributed by atoms with Gasteiger partial charge in [0.15, 0.2) is 0 Å². The van der Waals surface area contributed by atoms with Crippen LogP contribution in [0, 0.1) is 0 Å². The molecule has 0 fully saturated rings. The fraction of sp³-hybridized carbons (Fsp3) is 0. The summed E-state index contributed by atoms with van der Waals surface area (Å²) in [5, 5.41) is 0. The van der Waals surface area contributed by atoms with E-state index in [1.807, 2.05) is 0 Å². The van der Waals surface area contributed by atoms with Crippen molar-refractivity contribution < 1.29 is 26.5 Å². The minimum absolute atomic E-state index is 0. The molecule has 0 aliphatic carbocycles. The van der Waals surface area contributed by atoms with Crippen LogP contribution in [0.3, 0.4) is 0 Å². The fourth-order valence-corrected chi connectivity index (χ4v) is 0.219. The monoisotopic (exact) mass is 139 g/mol. The van der Waals surface area contributed by atoms with Crippen molar-refractivity contribution in [2.75, 3.05) is 0 Å². The minimum atomic E-state index is 0. The molecule has 1 radical (unpaired) electrons. The van der Waals surface area contributed by atoms with E-state index in [-0.39, 0.29) is 17.1 Å². The number of hydrogen-bond acceptors (Lipinski definition) is 2. The van der Waals surface area contributed by atoms with Gasteiger partial charge in [-0.3, -0.25) is 0 Å². The van der Waals surface area contributed by atoms with Crippen molar-refractivity contribution in [1.82, 2.24) is 0 Å². The van der Waals surface area contributed by atoms with Gasteiger partial charge in [0.25, 0.3) is 0 Å². The molecule has 1 aliphatic rings. The maximum atomic E-state index is 4.58. The van der Waals surface area contributed by atoms with E-state index in [0.717, 1.165) is 0 Å². The van der Waals surface area contributed by atoms with Gasteiger partial charge in [0.2, 0.25) is 0 Å². The summed E-state index contributed by atoms with van der Waals surface area (Å²) in [5.41, 5.74) is 0. The predicted octanol–water partition coefficient (Wildman–Crippen LogP) is 0.973. The minimum Gasteiger partial charge on any atom is -0.466 e. The third kappa shape index (κ3) is 2.31. The smallest absolute Gasteiger partial charge is 0.125 e. The third-order valence-corrected chi connectivity index (χ3v) is 0.425. The van der Waals surface area contributed by atoms with Gasteiger partial charge >= 0.3 is 0 Å². The van der Waals surface area contributed by atoms with E-state index in [1.165, 1.54) is 25.0 Å². The van der Waals surface area contributed by atoms with E-state index < -0.39 is 0 Å². The van der Waals surface area contributed by atoms with Crippen molar-refractivity contribution >= 4 is 0 Å². The van der Waals surface area contributed by atoms with Crippen LogP contribution >= 0.6 is 0 Å². The number of hydrogen-bond donors (Lipinski definition) is 0. The van der Waals surface area contributed by atoms with E-state index in [0.29, 0.717) is 0 Å². The molecule has 0 aromatic rings. The topological polar surface area (TPSA) is 18.5 Å². The van der Waals surface area contributed by atoms with Crippen LogP contribution < -0.4 is 0 Å². The summed E-state index contributed by atoms with van der Waals surface area (Å²) in [6.07, 6.45) is 5.83. The van der Waals surface area contributed by atoms with Crippen LogP contribution in [0.25, 0.3) is 0 Å². The molecule has 1 rings (SSSR count). The molecule has 39 valence electrons. The zero-order chi connectivity index (χ0) is 4.24. The quantitative estimate of drug-likeness (QED) is 0.465. The van der Waals surface area contributed by atoms with Gasteiger partial charge in [-0.2, -0.15) is 0 Å². The molecule has 7 heavy (non-hydrogen) atoms. The molecule has 0 spiro atoms. The van der Waals surface area contributed by atoms with Gasteiger partial charge in [0.05, 0.1) is 0 Å². The Balaban J connectivity index is 0.000000360. The Morgan fingerprint density at radius 2 is 1.00 bits per heavy atom. The summed E-state index contributed by atoms with van der Waals surface area (Å²) >= 11 is 0. The average Bonchev–Trinajstić information content (AvgIpc) is 1.72. The van der Waals surface area contributed by atoms with Gasteiger partial charge < -0.3 is 9.47 Å². The molecule has 2 nitrogen and oxygen atoms in total. The molecule has 1 heterocycles. The van der Waals surface area contributed by atoms with Crippen LogP contribution in [-0.2, 0) is 26.5 Å². The van der Waals surface area contributed by atoms with E-state index in [2.05, 4.69) is 9.47 Å². The second-order valence-corrected chi connectivity index (χ2v) is 0.816. The van der Waals surface area contributed by atoms with Crippen molar-refractivity contribution in [1.29, 1.82) is 0 Å². The van der Waals surface area contributed by atoms with Gasteiger partial charge in [0.1, 0.15) is 25.0 Å². The van der Waals surface area contributed by atoms with E-state index in [4.69, 9.17) is 0 Å². The SMILES string of the molecule is C1=COC=CO1.[Mn]. The molecule has 0 saturated carbocycles. The Morgan fingerprint density at radius 1 is 0.714 bits per heavy atom. The molecular formula is C4H4MnO2. The Hall–Kier alpha value is -0.401. The Morgan fingerprint density at radius 3 is 1.14 bits per heavy atom. The third-order valence-electron chi connectivity index (χ3n) is 0.425. The first-order valence-electron chi connectivity index (χ1n) is 1.61. The number of rotatable bonds is 0. The van der Waals surface area contributed by atoms with Gasteiger partial charge in [-0.1, -0.05) is 0 Å². The molecule has 0 bridgehead atoms. The number of ether oxygens (including phenoxy) is 2. The first kappa shape index (κ1) is 6.60. The summed E-state index contributed by atoms with van der Waals surface area (Å²) in [7, 11) is 0. The van der Waals surface area contributed by atoms with Crippen LogP contribution in [0.2, 0.25) is 0 Å². The molecule has 0 aromatic heterocycles. The van der Waals surface area contributed by atoms with Crippen LogP contribution in [0.1, 0.15) is 0 Å². The molecule has 0 aromatic carbocycles. The van der Waals surface area contributed by atoms with Gasteiger partial charge in [-0.05, 0) is 0 Å². The summed E-state index contributed by atoms with van der Waals surface area (Å²) in [6.45, 7) is 0. The van der Waals surface area contributed by atoms with E-state index in [9.17, 15) is 0 Å². The van der Waals surface area contributed by atoms with Gasteiger partial charge in [-0.15, -0.1) is 0 Å². The zero-order valence-corrected chi connectivity index (χ0v) is 4.68. The summed E-state index contributed by atoms with van der Waals surface area (Å²) in [5.74, 6) is 0. The fourth-order valence-electron chi connectivity index (χ4n) is 0.219. The molecular weight excluding hydrogens is 135 g/mol. The Labute approximate surface area is 52.3 Å². The molecule has 1 aliphatic heterocycles. The molecule has 0 unspecified atom stereocenters. The van der Waals surface area contributed by atoms with Crippen LogP contribution in [0.15, 0.2) is 25.0 Å².